The molecule has 1 aromatic rings. The second-order valence-corrected chi connectivity index (χ2v) is 7.70. The van der Waals surface area contributed by atoms with Crippen molar-refractivity contribution >= 4 is 29.1 Å². The van der Waals surface area contributed by atoms with Crippen molar-refractivity contribution in [2.75, 3.05) is 18.1 Å². The molecule has 1 atom stereocenters. The zero-order valence-electron chi connectivity index (χ0n) is 12.1. The van der Waals surface area contributed by atoms with Gasteiger partial charge >= 0.3 is 0 Å². The largest absolute Gasteiger partial charge is 0.375 e. The highest BCUT2D eigenvalue weighted by atomic mass is 35.5. The lowest BCUT2D eigenvalue weighted by atomic mass is 9.79. The van der Waals surface area contributed by atoms with E-state index in [4.69, 9.17) is 16.3 Å². The number of carbonyl (C=O) groups excluding carboxylic acids is 1. The zero-order valence-corrected chi connectivity index (χ0v) is 13.7. The highest BCUT2D eigenvalue weighted by Crippen LogP contribution is 2.40. The summed E-state index contributed by atoms with van der Waals surface area (Å²) in [5.74, 6) is 2.78. The van der Waals surface area contributed by atoms with Gasteiger partial charge in [-0.1, -0.05) is 29.8 Å². The first kappa shape index (κ1) is 15.4. The summed E-state index contributed by atoms with van der Waals surface area (Å²) in [6.07, 6.45) is 4.39. The summed E-state index contributed by atoms with van der Waals surface area (Å²) in [4.78, 5) is 12.6. The van der Waals surface area contributed by atoms with Gasteiger partial charge in [-0.05, 0) is 48.8 Å². The van der Waals surface area contributed by atoms with E-state index in [0.29, 0.717) is 17.2 Å². The van der Waals surface area contributed by atoms with Crippen molar-refractivity contribution in [1.82, 2.24) is 0 Å². The minimum absolute atomic E-state index is 0.0235. The van der Waals surface area contributed by atoms with Gasteiger partial charge in [-0.3, -0.25) is 4.79 Å². The minimum atomic E-state index is -0.0235. The Hall–Kier alpha value is -0.510. The van der Waals surface area contributed by atoms with Crippen LogP contribution in [0.5, 0.6) is 0 Å². The van der Waals surface area contributed by atoms with Crippen molar-refractivity contribution in [3.63, 3.8) is 0 Å². The van der Waals surface area contributed by atoms with Crippen LogP contribution in [0.4, 0.5) is 0 Å². The molecule has 2 nitrogen and oxygen atoms in total. The van der Waals surface area contributed by atoms with Crippen LogP contribution >= 0.6 is 23.4 Å². The smallest absolute Gasteiger partial charge is 0.140 e. The molecular weight excluding hydrogens is 304 g/mol. The monoisotopic (exact) mass is 324 g/mol. The minimum Gasteiger partial charge on any atom is -0.375 e. The first-order valence-electron chi connectivity index (χ1n) is 7.66. The number of Topliss-reactive ketones (excluding diaryl/α,β-unsaturated/α-hetero) is 1. The molecule has 3 rings (SSSR count). The van der Waals surface area contributed by atoms with Crippen LogP contribution in [0.1, 0.15) is 31.2 Å². The van der Waals surface area contributed by atoms with Crippen LogP contribution in [0, 0.1) is 5.92 Å². The summed E-state index contributed by atoms with van der Waals surface area (Å²) in [7, 11) is 0. The molecule has 0 saturated carbocycles. The van der Waals surface area contributed by atoms with Gasteiger partial charge in [0.1, 0.15) is 5.78 Å². The molecule has 0 N–H and O–H groups in total. The number of hydrogen-bond donors (Lipinski definition) is 0. The molecule has 2 saturated heterocycles. The second-order valence-electron chi connectivity index (χ2n) is 6.07. The molecule has 21 heavy (non-hydrogen) atoms. The van der Waals surface area contributed by atoms with E-state index < -0.39 is 0 Å². The van der Waals surface area contributed by atoms with Crippen LogP contribution in [-0.2, 0) is 16.0 Å². The normalized spacial score (nSPS) is 24.9. The fourth-order valence-electron chi connectivity index (χ4n) is 3.37. The highest BCUT2D eigenvalue weighted by Gasteiger charge is 2.40. The summed E-state index contributed by atoms with van der Waals surface area (Å²) < 4.78 is 6.07. The third-order valence-electron chi connectivity index (χ3n) is 4.67. The van der Waals surface area contributed by atoms with Crippen LogP contribution in [-0.4, -0.2) is 29.5 Å². The molecule has 114 valence electrons. The summed E-state index contributed by atoms with van der Waals surface area (Å²) in [5.41, 5.74) is 0.925. The van der Waals surface area contributed by atoms with E-state index in [2.05, 4.69) is 0 Å². The molecule has 0 radical (unpaired) electrons. The summed E-state index contributed by atoms with van der Waals surface area (Å²) in [5, 5.41) is 0.696. The lowest BCUT2D eigenvalue weighted by Crippen LogP contribution is -2.44. The number of halogens is 1. The van der Waals surface area contributed by atoms with E-state index in [1.165, 1.54) is 0 Å². The van der Waals surface area contributed by atoms with Gasteiger partial charge < -0.3 is 4.74 Å². The Morgan fingerprint density at radius 1 is 1.33 bits per heavy atom. The van der Waals surface area contributed by atoms with Gasteiger partial charge in [0.05, 0.1) is 5.60 Å². The van der Waals surface area contributed by atoms with Gasteiger partial charge in [-0.25, -0.2) is 0 Å². The van der Waals surface area contributed by atoms with Crippen molar-refractivity contribution in [2.45, 2.75) is 37.7 Å². The second kappa shape index (κ2) is 6.72. The van der Waals surface area contributed by atoms with Crippen molar-refractivity contribution < 1.29 is 9.53 Å². The van der Waals surface area contributed by atoms with Crippen LogP contribution < -0.4 is 0 Å². The zero-order chi connectivity index (χ0) is 14.7. The first-order chi connectivity index (χ1) is 10.2. The summed E-state index contributed by atoms with van der Waals surface area (Å²) >= 11 is 8.16. The Morgan fingerprint density at radius 2 is 2.10 bits per heavy atom. The quantitative estimate of drug-likeness (QED) is 0.835. The third-order valence-corrected chi connectivity index (χ3v) is 6.03. The van der Waals surface area contributed by atoms with Crippen LogP contribution in [0.15, 0.2) is 24.3 Å². The Balaban J connectivity index is 1.66. The maximum absolute atomic E-state index is 12.6. The molecule has 0 aliphatic carbocycles. The van der Waals surface area contributed by atoms with E-state index in [-0.39, 0.29) is 11.5 Å². The first-order valence-corrected chi connectivity index (χ1v) is 9.20. The van der Waals surface area contributed by atoms with E-state index in [1.807, 2.05) is 36.0 Å². The SMILES string of the molecule is O=C(Cc1ccccc1Cl)C1CCOC2(CCSCC2)C1. The maximum atomic E-state index is 12.6. The maximum Gasteiger partial charge on any atom is 0.140 e. The molecule has 1 unspecified atom stereocenters. The molecule has 1 spiro atoms. The third kappa shape index (κ3) is 3.64. The topological polar surface area (TPSA) is 26.3 Å². The van der Waals surface area contributed by atoms with Gasteiger partial charge in [0.25, 0.3) is 0 Å². The molecule has 4 heteroatoms. The van der Waals surface area contributed by atoms with Crippen LogP contribution in [0.3, 0.4) is 0 Å². The highest BCUT2D eigenvalue weighted by molar-refractivity contribution is 7.99. The average Bonchev–Trinajstić information content (AvgIpc) is 2.50. The Morgan fingerprint density at radius 3 is 2.86 bits per heavy atom. The van der Waals surface area contributed by atoms with Crippen LogP contribution in [0.25, 0.3) is 0 Å². The van der Waals surface area contributed by atoms with E-state index in [0.717, 1.165) is 49.4 Å². The number of ketones is 1. The molecule has 2 fully saturated rings. The van der Waals surface area contributed by atoms with Crippen molar-refractivity contribution in [1.29, 1.82) is 0 Å². The molecule has 0 bridgehead atoms. The van der Waals surface area contributed by atoms with Crippen molar-refractivity contribution in [3.05, 3.63) is 34.9 Å². The molecule has 2 heterocycles. The Kier molecular flexibility index (Phi) is 4.92. The molecule has 0 aromatic heterocycles. The van der Waals surface area contributed by atoms with Gasteiger partial charge in [-0.2, -0.15) is 11.8 Å². The predicted molar refractivity (Wildman–Crippen MR) is 88.1 cm³/mol. The molecular formula is C17H21ClO2S. The van der Waals surface area contributed by atoms with Gasteiger partial charge in [0, 0.05) is 24.0 Å². The average molecular weight is 325 g/mol. The van der Waals surface area contributed by atoms with E-state index in [9.17, 15) is 4.79 Å². The lowest BCUT2D eigenvalue weighted by molar-refractivity contribution is -0.137. The van der Waals surface area contributed by atoms with Crippen LogP contribution in [0.2, 0.25) is 5.02 Å². The number of ether oxygens (including phenoxy) is 1. The number of thioether (sulfide) groups is 1. The van der Waals surface area contributed by atoms with E-state index >= 15 is 0 Å². The Bertz CT molecular complexity index is 506. The van der Waals surface area contributed by atoms with Gasteiger partial charge in [0.15, 0.2) is 0 Å². The number of carbonyl (C=O) groups is 1. The van der Waals surface area contributed by atoms with E-state index in [1.54, 1.807) is 0 Å². The number of benzene rings is 1. The van der Waals surface area contributed by atoms with Crippen molar-refractivity contribution in [2.24, 2.45) is 5.92 Å². The lowest BCUT2D eigenvalue weighted by Gasteiger charge is -2.43. The summed E-state index contributed by atoms with van der Waals surface area (Å²) in [6, 6.07) is 7.65. The van der Waals surface area contributed by atoms with Gasteiger partial charge in [-0.15, -0.1) is 0 Å². The number of rotatable bonds is 3. The standard InChI is InChI=1S/C17H21ClO2S/c18-15-4-2-1-3-13(15)11-16(19)14-5-8-20-17(12-14)6-9-21-10-7-17/h1-4,14H,5-12H2. The fraction of sp³-hybridized carbons (Fsp3) is 0.588. The molecule has 0 amide bonds. The Labute approximate surface area is 135 Å². The van der Waals surface area contributed by atoms with Gasteiger partial charge in [0.2, 0.25) is 0 Å². The fourth-order valence-corrected chi connectivity index (χ4v) is 4.81. The molecule has 2 aliphatic rings. The number of hydrogen-bond acceptors (Lipinski definition) is 3. The summed E-state index contributed by atoms with van der Waals surface area (Å²) in [6.45, 7) is 0.726. The molecule has 1 aromatic carbocycles. The van der Waals surface area contributed by atoms with Crippen molar-refractivity contribution in [3.8, 4) is 0 Å². The predicted octanol–water partition coefficient (Wildman–Crippen LogP) is 4.14. The molecule has 2 aliphatic heterocycles.